The van der Waals surface area contributed by atoms with Gasteiger partial charge in [0.05, 0.1) is 12.0 Å². The second kappa shape index (κ2) is 7.37. The Kier molecular flexibility index (Phi) is 5.27. The van der Waals surface area contributed by atoms with Crippen LogP contribution in [0.25, 0.3) is 11.4 Å². The highest BCUT2D eigenvalue weighted by molar-refractivity contribution is 5.94. The van der Waals surface area contributed by atoms with Crippen LogP contribution in [0.3, 0.4) is 0 Å². The zero-order valence-corrected chi connectivity index (χ0v) is 12.9. The fraction of sp³-hybridized carbons (Fsp3) is 0.250. The standard InChI is InChI=1S/C15H13FN4O.CH2O2/c1-9-13(15(21)20-7-10(6-17)8-20)19-14(18-9)11-2-4-12(16)5-3-11;2-1-3/h2-5,10H,7-8H2,1H3,(H,18,19);1H,(H,2,3). The van der Waals surface area contributed by atoms with E-state index in [0.717, 1.165) is 5.56 Å². The lowest BCUT2D eigenvalue weighted by atomic mass is 10.0. The first-order valence-electron chi connectivity index (χ1n) is 7.09. The van der Waals surface area contributed by atoms with Crippen LogP contribution in [0.4, 0.5) is 4.39 Å². The molecule has 1 aliphatic heterocycles. The molecule has 2 heterocycles. The minimum atomic E-state index is -0.318. The van der Waals surface area contributed by atoms with Crippen LogP contribution in [0.5, 0.6) is 0 Å². The minimum absolute atomic E-state index is 0.0789. The Labute approximate surface area is 137 Å². The number of hydrogen-bond donors (Lipinski definition) is 2. The molecule has 3 rings (SSSR count). The van der Waals surface area contributed by atoms with E-state index in [1.807, 2.05) is 0 Å². The largest absolute Gasteiger partial charge is 0.483 e. The highest BCUT2D eigenvalue weighted by atomic mass is 19.1. The Balaban J connectivity index is 0.000000647. The van der Waals surface area contributed by atoms with Gasteiger partial charge in [0, 0.05) is 24.3 Å². The van der Waals surface area contributed by atoms with Crippen molar-refractivity contribution in [2.45, 2.75) is 6.92 Å². The van der Waals surface area contributed by atoms with Crippen LogP contribution in [-0.2, 0) is 4.79 Å². The summed E-state index contributed by atoms with van der Waals surface area (Å²) < 4.78 is 12.9. The maximum Gasteiger partial charge on any atom is 0.290 e. The molecule has 1 amide bonds. The number of imidazole rings is 1. The van der Waals surface area contributed by atoms with Gasteiger partial charge >= 0.3 is 0 Å². The average Bonchev–Trinajstić information content (AvgIpc) is 2.89. The van der Waals surface area contributed by atoms with Crippen molar-refractivity contribution >= 4 is 12.4 Å². The van der Waals surface area contributed by atoms with Crippen LogP contribution in [0.2, 0.25) is 0 Å². The molecule has 124 valence electrons. The molecule has 7 nitrogen and oxygen atoms in total. The van der Waals surface area contributed by atoms with Crippen LogP contribution in [0, 0.1) is 30.0 Å². The fourth-order valence-electron chi connectivity index (χ4n) is 2.29. The Hall–Kier alpha value is -3.21. The molecule has 0 aliphatic carbocycles. The number of rotatable bonds is 2. The molecule has 2 N–H and O–H groups in total. The summed E-state index contributed by atoms with van der Waals surface area (Å²) in [5.74, 6) is -0.0389. The normalized spacial score (nSPS) is 13.3. The van der Waals surface area contributed by atoms with Crippen molar-refractivity contribution in [1.29, 1.82) is 5.26 Å². The Morgan fingerprint density at radius 3 is 2.58 bits per heavy atom. The Bertz CT molecular complexity index is 774. The summed E-state index contributed by atoms with van der Waals surface area (Å²) in [5.41, 5.74) is 1.74. The number of likely N-dealkylation sites (tertiary alicyclic amines) is 1. The van der Waals surface area contributed by atoms with E-state index in [2.05, 4.69) is 16.0 Å². The zero-order chi connectivity index (χ0) is 17.7. The van der Waals surface area contributed by atoms with Crippen molar-refractivity contribution in [2.75, 3.05) is 13.1 Å². The molecule has 0 saturated carbocycles. The maximum atomic E-state index is 12.9. The lowest BCUT2D eigenvalue weighted by Gasteiger charge is -2.34. The molecule has 0 atom stereocenters. The van der Waals surface area contributed by atoms with Gasteiger partial charge in [0.25, 0.3) is 12.4 Å². The number of aromatic amines is 1. The summed E-state index contributed by atoms with van der Waals surface area (Å²) in [6.45, 7) is 2.43. The molecule has 1 aliphatic rings. The molecule has 0 radical (unpaired) electrons. The fourth-order valence-corrected chi connectivity index (χ4v) is 2.29. The van der Waals surface area contributed by atoms with Gasteiger partial charge in [-0.1, -0.05) is 0 Å². The number of carbonyl (C=O) groups excluding carboxylic acids is 1. The molecule has 24 heavy (non-hydrogen) atoms. The third kappa shape index (κ3) is 3.57. The molecule has 1 saturated heterocycles. The van der Waals surface area contributed by atoms with E-state index in [1.54, 1.807) is 24.0 Å². The molecular weight excluding hydrogens is 315 g/mol. The van der Waals surface area contributed by atoms with Gasteiger partial charge in [0.15, 0.2) is 0 Å². The lowest BCUT2D eigenvalue weighted by Crippen LogP contribution is -2.49. The topological polar surface area (TPSA) is 110 Å². The highest BCUT2D eigenvalue weighted by Crippen LogP contribution is 2.22. The van der Waals surface area contributed by atoms with Crippen molar-refractivity contribution in [3.05, 3.63) is 41.5 Å². The number of amides is 1. The molecule has 0 spiro atoms. The van der Waals surface area contributed by atoms with Crippen LogP contribution >= 0.6 is 0 Å². The second-order valence-corrected chi connectivity index (χ2v) is 5.21. The number of hydrogen-bond acceptors (Lipinski definition) is 4. The molecule has 1 fully saturated rings. The summed E-state index contributed by atoms with van der Waals surface area (Å²) in [4.78, 5) is 29.6. The summed E-state index contributed by atoms with van der Waals surface area (Å²) in [6, 6.07) is 8.05. The van der Waals surface area contributed by atoms with E-state index in [4.69, 9.17) is 15.2 Å². The van der Waals surface area contributed by atoms with E-state index >= 15 is 0 Å². The predicted octanol–water partition coefficient (Wildman–Crippen LogP) is 1.82. The second-order valence-electron chi connectivity index (χ2n) is 5.21. The zero-order valence-electron chi connectivity index (χ0n) is 12.9. The van der Waals surface area contributed by atoms with Gasteiger partial charge in [-0.15, -0.1) is 0 Å². The van der Waals surface area contributed by atoms with E-state index in [1.165, 1.54) is 12.1 Å². The number of carbonyl (C=O) groups is 2. The van der Waals surface area contributed by atoms with Gasteiger partial charge < -0.3 is 15.0 Å². The number of aryl methyl sites for hydroxylation is 1. The average molecular weight is 330 g/mol. The number of nitrogens with one attached hydrogen (secondary N) is 1. The number of nitrogens with zero attached hydrogens (tertiary/aromatic N) is 3. The van der Waals surface area contributed by atoms with Gasteiger partial charge in [0.1, 0.15) is 17.3 Å². The van der Waals surface area contributed by atoms with Gasteiger partial charge in [-0.05, 0) is 31.2 Å². The molecule has 0 bridgehead atoms. The first-order valence-corrected chi connectivity index (χ1v) is 7.09. The quantitative estimate of drug-likeness (QED) is 0.816. The van der Waals surface area contributed by atoms with Crippen LogP contribution in [-0.4, -0.2) is 45.4 Å². The van der Waals surface area contributed by atoms with Crippen LogP contribution < -0.4 is 0 Å². The minimum Gasteiger partial charge on any atom is -0.483 e. The van der Waals surface area contributed by atoms with E-state index in [-0.39, 0.29) is 24.1 Å². The number of nitriles is 1. The van der Waals surface area contributed by atoms with Crippen molar-refractivity contribution in [3.8, 4) is 17.5 Å². The lowest BCUT2D eigenvalue weighted by molar-refractivity contribution is -0.122. The Morgan fingerprint density at radius 1 is 1.46 bits per heavy atom. The Morgan fingerprint density at radius 2 is 2.04 bits per heavy atom. The summed E-state index contributed by atoms with van der Waals surface area (Å²) in [5, 5.41) is 15.6. The first-order chi connectivity index (χ1) is 11.5. The molecule has 0 unspecified atom stereocenters. The number of aromatic nitrogens is 2. The highest BCUT2D eigenvalue weighted by Gasteiger charge is 2.33. The third-order valence-electron chi connectivity index (χ3n) is 3.56. The summed E-state index contributed by atoms with van der Waals surface area (Å²) in [7, 11) is 0. The predicted molar refractivity (Wildman–Crippen MR) is 82.4 cm³/mol. The first kappa shape index (κ1) is 17.1. The van der Waals surface area contributed by atoms with Crippen molar-refractivity contribution < 1.29 is 19.1 Å². The van der Waals surface area contributed by atoms with E-state index in [0.29, 0.717) is 30.3 Å². The van der Waals surface area contributed by atoms with Gasteiger partial charge in [-0.3, -0.25) is 9.59 Å². The molecule has 1 aromatic carbocycles. The van der Waals surface area contributed by atoms with Gasteiger partial charge in [-0.2, -0.15) is 5.26 Å². The molecule has 1 aromatic heterocycles. The van der Waals surface area contributed by atoms with E-state index < -0.39 is 0 Å². The van der Waals surface area contributed by atoms with Crippen molar-refractivity contribution in [3.63, 3.8) is 0 Å². The summed E-state index contributed by atoms with van der Waals surface area (Å²) in [6.07, 6.45) is 0. The number of H-pyrrole nitrogens is 1. The van der Waals surface area contributed by atoms with Gasteiger partial charge in [-0.25, -0.2) is 9.37 Å². The summed E-state index contributed by atoms with van der Waals surface area (Å²) >= 11 is 0. The third-order valence-corrected chi connectivity index (χ3v) is 3.56. The smallest absolute Gasteiger partial charge is 0.290 e. The van der Waals surface area contributed by atoms with Crippen molar-refractivity contribution in [2.24, 2.45) is 5.92 Å². The number of halogens is 1. The SMILES string of the molecule is Cc1[nH]c(-c2ccc(F)cc2)nc1C(=O)N1CC(C#N)C1.O=CO. The van der Waals surface area contributed by atoms with Crippen LogP contribution in [0.1, 0.15) is 16.2 Å². The monoisotopic (exact) mass is 330 g/mol. The van der Waals surface area contributed by atoms with Gasteiger partial charge in [0.2, 0.25) is 0 Å². The molecular formula is C16H15FN4O3. The number of benzene rings is 1. The van der Waals surface area contributed by atoms with Crippen molar-refractivity contribution in [1.82, 2.24) is 14.9 Å². The molecule has 8 heteroatoms. The molecule has 2 aromatic rings. The van der Waals surface area contributed by atoms with Crippen LogP contribution in [0.15, 0.2) is 24.3 Å². The van der Waals surface area contributed by atoms with E-state index in [9.17, 15) is 9.18 Å². The number of carboxylic acid groups (broad SMARTS) is 1. The maximum absolute atomic E-state index is 12.9.